The van der Waals surface area contributed by atoms with Gasteiger partial charge in [0, 0.05) is 50.8 Å². The smallest absolute Gasteiger partial charge is 0.136 e. The number of aliphatic hydroxyl groups is 1. The van der Waals surface area contributed by atoms with Gasteiger partial charge in [0.25, 0.3) is 0 Å². The average Bonchev–Trinajstić information content (AvgIpc) is 3.50. The number of hydrogen-bond acceptors (Lipinski definition) is 7. The highest BCUT2D eigenvalue weighted by molar-refractivity contribution is 5.50. The Balaban J connectivity index is 1.24. The van der Waals surface area contributed by atoms with E-state index >= 15 is 0 Å². The van der Waals surface area contributed by atoms with E-state index in [1.165, 1.54) is 18.7 Å². The molecule has 8 heteroatoms. The van der Waals surface area contributed by atoms with Gasteiger partial charge in [-0.05, 0) is 44.4 Å². The number of hydrogen-bond donors (Lipinski definition) is 1. The molecule has 2 aromatic rings. The molecular formula is C20H29N7O. The summed E-state index contributed by atoms with van der Waals surface area (Å²) in [5.41, 5.74) is 0. The Morgan fingerprint density at radius 2 is 1.75 bits per heavy atom. The first kappa shape index (κ1) is 17.8. The van der Waals surface area contributed by atoms with E-state index in [0.29, 0.717) is 17.9 Å². The number of anilines is 2. The van der Waals surface area contributed by atoms with E-state index < -0.39 is 0 Å². The highest BCUT2D eigenvalue weighted by atomic mass is 16.3. The molecule has 2 saturated heterocycles. The van der Waals surface area contributed by atoms with E-state index in [2.05, 4.69) is 40.6 Å². The van der Waals surface area contributed by atoms with Crippen molar-refractivity contribution in [3.63, 3.8) is 0 Å². The van der Waals surface area contributed by atoms with Crippen molar-refractivity contribution in [1.29, 1.82) is 0 Å². The van der Waals surface area contributed by atoms with E-state index in [9.17, 15) is 5.11 Å². The van der Waals surface area contributed by atoms with Gasteiger partial charge in [-0.2, -0.15) is 0 Å². The number of piperidine rings is 2. The van der Waals surface area contributed by atoms with Crippen molar-refractivity contribution in [2.45, 2.75) is 50.5 Å². The molecular weight excluding hydrogens is 354 g/mol. The Hall–Kier alpha value is -2.22. The molecule has 1 aliphatic carbocycles. The first-order valence-corrected chi connectivity index (χ1v) is 10.6. The Kier molecular flexibility index (Phi) is 4.88. The molecule has 1 N–H and O–H groups in total. The molecule has 5 rings (SSSR count). The van der Waals surface area contributed by atoms with E-state index in [1.807, 2.05) is 6.33 Å². The fraction of sp³-hybridized carbons (Fsp3) is 0.700. The minimum absolute atomic E-state index is 0.257. The van der Waals surface area contributed by atoms with Crippen LogP contribution in [0.3, 0.4) is 0 Å². The minimum Gasteiger partial charge on any atom is -0.396 e. The van der Waals surface area contributed by atoms with Crippen LogP contribution >= 0.6 is 0 Å². The molecule has 3 fully saturated rings. The zero-order chi connectivity index (χ0) is 18.9. The SMILES string of the molecule is OCC1CCCN(c2cc(N3CCC(c4nncn4C4CC4)CC3)ncn2)C1. The lowest BCUT2D eigenvalue weighted by Gasteiger charge is -2.35. The Labute approximate surface area is 165 Å². The number of nitrogens with zero attached hydrogens (tertiary/aromatic N) is 7. The number of aromatic nitrogens is 5. The molecule has 0 radical (unpaired) electrons. The Morgan fingerprint density at radius 3 is 2.50 bits per heavy atom. The zero-order valence-corrected chi connectivity index (χ0v) is 16.3. The van der Waals surface area contributed by atoms with E-state index in [4.69, 9.17) is 0 Å². The average molecular weight is 384 g/mol. The van der Waals surface area contributed by atoms with Crippen molar-refractivity contribution in [1.82, 2.24) is 24.7 Å². The summed E-state index contributed by atoms with van der Waals surface area (Å²) >= 11 is 0. The van der Waals surface area contributed by atoms with Crippen molar-refractivity contribution in [3.8, 4) is 0 Å². The number of rotatable bonds is 5. The van der Waals surface area contributed by atoms with Crippen LogP contribution in [0.1, 0.15) is 56.3 Å². The molecule has 1 atom stereocenters. The summed E-state index contributed by atoms with van der Waals surface area (Å²) in [4.78, 5) is 13.7. The summed E-state index contributed by atoms with van der Waals surface area (Å²) in [6.07, 6.45) is 10.5. The fourth-order valence-electron chi connectivity index (χ4n) is 4.65. The molecule has 1 unspecified atom stereocenters. The lowest BCUT2D eigenvalue weighted by molar-refractivity contribution is 0.208. The minimum atomic E-state index is 0.257. The second-order valence-electron chi connectivity index (χ2n) is 8.46. The summed E-state index contributed by atoms with van der Waals surface area (Å²) in [6, 6.07) is 2.76. The van der Waals surface area contributed by atoms with Crippen molar-refractivity contribution < 1.29 is 5.11 Å². The molecule has 28 heavy (non-hydrogen) atoms. The quantitative estimate of drug-likeness (QED) is 0.845. The molecule has 150 valence electrons. The van der Waals surface area contributed by atoms with Crippen LogP contribution in [-0.2, 0) is 0 Å². The standard InChI is InChI=1S/C20H29N7O/c28-12-15-2-1-7-26(11-15)19-10-18(21-13-22-19)25-8-5-16(6-9-25)20-24-23-14-27(20)17-3-4-17/h10,13-17,28H,1-9,11-12H2. The van der Waals surface area contributed by atoms with Crippen molar-refractivity contribution >= 4 is 11.6 Å². The molecule has 0 amide bonds. The third kappa shape index (κ3) is 3.57. The summed E-state index contributed by atoms with van der Waals surface area (Å²) in [7, 11) is 0. The molecule has 4 heterocycles. The molecule has 1 saturated carbocycles. The van der Waals surface area contributed by atoms with Crippen LogP contribution in [0.25, 0.3) is 0 Å². The van der Waals surface area contributed by atoms with Crippen LogP contribution < -0.4 is 9.80 Å². The first-order valence-electron chi connectivity index (χ1n) is 10.6. The van der Waals surface area contributed by atoms with Gasteiger partial charge in [0.2, 0.25) is 0 Å². The predicted octanol–water partition coefficient (Wildman–Crippen LogP) is 2.00. The maximum atomic E-state index is 9.50. The van der Waals surface area contributed by atoms with Gasteiger partial charge in [-0.15, -0.1) is 10.2 Å². The summed E-state index contributed by atoms with van der Waals surface area (Å²) in [5.74, 6) is 4.02. The summed E-state index contributed by atoms with van der Waals surface area (Å²) in [5, 5.41) is 18.1. The fourth-order valence-corrected chi connectivity index (χ4v) is 4.65. The second kappa shape index (κ2) is 7.66. The third-order valence-corrected chi connectivity index (χ3v) is 6.46. The van der Waals surface area contributed by atoms with Gasteiger partial charge in [-0.25, -0.2) is 9.97 Å². The van der Waals surface area contributed by atoms with Crippen LogP contribution in [0.15, 0.2) is 18.7 Å². The van der Waals surface area contributed by atoms with Crippen molar-refractivity contribution in [3.05, 3.63) is 24.5 Å². The monoisotopic (exact) mass is 383 g/mol. The van der Waals surface area contributed by atoms with Gasteiger partial charge in [0.05, 0.1) is 0 Å². The lowest BCUT2D eigenvalue weighted by atomic mass is 9.96. The summed E-state index contributed by atoms with van der Waals surface area (Å²) in [6.45, 7) is 4.11. The van der Waals surface area contributed by atoms with Crippen LogP contribution in [0.4, 0.5) is 11.6 Å². The highest BCUT2D eigenvalue weighted by Gasteiger charge is 2.31. The first-order chi connectivity index (χ1) is 13.8. The second-order valence-corrected chi connectivity index (χ2v) is 8.46. The number of aliphatic hydroxyl groups excluding tert-OH is 1. The van der Waals surface area contributed by atoms with Crippen molar-refractivity contribution in [2.75, 3.05) is 42.6 Å². The van der Waals surface area contributed by atoms with Crippen LogP contribution in [0.5, 0.6) is 0 Å². The molecule has 2 aromatic heterocycles. The van der Waals surface area contributed by atoms with Gasteiger partial charge in [-0.1, -0.05) is 0 Å². The molecule has 0 spiro atoms. The van der Waals surface area contributed by atoms with Crippen molar-refractivity contribution in [2.24, 2.45) is 5.92 Å². The third-order valence-electron chi connectivity index (χ3n) is 6.46. The Bertz CT molecular complexity index is 797. The van der Waals surface area contributed by atoms with Gasteiger partial charge in [0.1, 0.15) is 30.1 Å². The highest BCUT2D eigenvalue weighted by Crippen LogP contribution is 2.38. The molecule has 8 nitrogen and oxygen atoms in total. The van der Waals surface area contributed by atoms with Crippen LogP contribution in [0.2, 0.25) is 0 Å². The maximum Gasteiger partial charge on any atom is 0.136 e. The Morgan fingerprint density at radius 1 is 0.964 bits per heavy atom. The van der Waals surface area contributed by atoms with E-state index in [0.717, 1.165) is 63.5 Å². The van der Waals surface area contributed by atoms with E-state index in [-0.39, 0.29) is 6.61 Å². The predicted molar refractivity (Wildman–Crippen MR) is 107 cm³/mol. The maximum absolute atomic E-state index is 9.50. The zero-order valence-electron chi connectivity index (χ0n) is 16.3. The normalized spacial score (nSPS) is 24.0. The van der Waals surface area contributed by atoms with Gasteiger partial charge >= 0.3 is 0 Å². The van der Waals surface area contributed by atoms with Gasteiger partial charge < -0.3 is 19.5 Å². The van der Waals surface area contributed by atoms with Gasteiger partial charge in [0.15, 0.2) is 0 Å². The molecule has 0 bridgehead atoms. The largest absolute Gasteiger partial charge is 0.396 e. The van der Waals surface area contributed by atoms with Gasteiger partial charge in [-0.3, -0.25) is 0 Å². The molecule has 2 aliphatic heterocycles. The van der Waals surface area contributed by atoms with Crippen LogP contribution in [-0.4, -0.2) is 62.6 Å². The summed E-state index contributed by atoms with van der Waals surface area (Å²) < 4.78 is 2.30. The lowest BCUT2D eigenvalue weighted by Crippen LogP contribution is -2.38. The topological polar surface area (TPSA) is 83.2 Å². The van der Waals surface area contributed by atoms with E-state index in [1.54, 1.807) is 6.33 Å². The molecule has 0 aromatic carbocycles. The van der Waals surface area contributed by atoms with Crippen LogP contribution in [0, 0.1) is 5.92 Å². The molecule has 3 aliphatic rings.